The van der Waals surface area contributed by atoms with Crippen molar-refractivity contribution >= 4 is 45.8 Å². The van der Waals surface area contributed by atoms with E-state index in [0.29, 0.717) is 5.69 Å². The lowest BCUT2D eigenvalue weighted by atomic mass is 10.2. The van der Waals surface area contributed by atoms with E-state index in [9.17, 15) is 4.79 Å². The maximum Gasteiger partial charge on any atom is 0.360 e. The SMILES string of the molecule is CC(C)(C)OC(=O)c1nsc(I)c1N. The third-order valence-corrected chi connectivity index (χ3v) is 3.10. The number of anilines is 1. The molecule has 2 N–H and O–H groups in total. The lowest BCUT2D eigenvalue weighted by Crippen LogP contribution is -2.24. The Kier molecular flexibility index (Phi) is 3.36. The zero-order valence-corrected chi connectivity index (χ0v) is 11.1. The van der Waals surface area contributed by atoms with Crippen molar-refractivity contribution in [2.24, 2.45) is 0 Å². The van der Waals surface area contributed by atoms with Crippen LogP contribution in [0, 0.1) is 2.88 Å². The summed E-state index contributed by atoms with van der Waals surface area (Å²) >= 11 is 3.24. The Hall–Kier alpha value is -0.370. The molecule has 1 heterocycles. The topological polar surface area (TPSA) is 65.2 Å². The minimum Gasteiger partial charge on any atom is -0.455 e. The summed E-state index contributed by atoms with van der Waals surface area (Å²) in [5.41, 5.74) is 5.77. The largest absolute Gasteiger partial charge is 0.455 e. The molecule has 4 nitrogen and oxygen atoms in total. The number of hydrogen-bond acceptors (Lipinski definition) is 5. The fourth-order valence-electron chi connectivity index (χ4n) is 0.751. The van der Waals surface area contributed by atoms with E-state index in [2.05, 4.69) is 4.37 Å². The quantitative estimate of drug-likeness (QED) is 0.635. The molecule has 0 fully saturated rings. The molecule has 6 heteroatoms. The number of aromatic nitrogens is 1. The van der Waals surface area contributed by atoms with Crippen molar-refractivity contribution in [3.05, 3.63) is 8.58 Å². The van der Waals surface area contributed by atoms with E-state index in [4.69, 9.17) is 10.5 Å². The minimum absolute atomic E-state index is 0.217. The Morgan fingerprint density at radius 2 is 2.14 bits per heavy atom. The number of nitrogen functional groups attached to an aromatic ring is 1. The second-order valence-electron chi connectivity index (χ2n) is 3.72. The highest BCUT2D eigenvalue weighted by Crippen LogP contribution is 2.24. The molecule has 0 bridgehead atoms. The first-order valence-electron chi connectivity index (χ1n) is 3.95. The molecule has 0 aliphatic carbocycles. The van der Waals surface area contributed by atoms with Gasteiger partial charge in [0.2, 0.25) is 0 Å². The molecular weight excluding hydrogens is 315 g/mol. The van der Waals surface area contributed by atoms with Gasteiger partial charge in [-0.05, 0) is 54.9 Å². The van der Waals surface area contributed by atoms with Crippen LogP contribution < -0.4 is 5.73 Å². The van der Waals surface area contributed by atoms with Crippen molar-refractivity contribution in [3.63, 3.8) is 0 Å². The fourth-order valence-corrected chi connectivity index (χ4v) is 1.84. The van der Waals surface area contributed by atoms with Crippen LogP contribution in [0.5, 0.6) is 0 Å². The van der Waals surface area contributed by atoms with Gasteiger partial charge in [0.25, 0.3) is 0 Å². The zero-order valence-electron chi connectivity index (χ0n) is 8.13. The second kappa shape index (κ2) is 4.01. The first-order chi connectivity index (χ1) is 6.31. The van der Waals surface area contributed by atoms with Gasteiger partial charge in [-0.25, -0.2) is 4.79 Å². The molecule has 0 radical (unpaired) electrons. The summed E-state index contributed by atoms with van der Waals surface area (Å²) in [6, 6.07) is 0. The van der Waals surface area contributed by atoms with Crippen LogP contribution in [0.2, 0.25) is 0 Å². The van der Waals surface area contributed by atoms with Crippen LogP contribution in [0.4, 0.5) is 5.69 Å². The van der Waals surface area contributed by atoms with Gasteiger partial charge >= 0.3 is 5.97 Å². The van der Waals surface area contributed by atoms with Gasteiger partial charge in [0.15, 0.2) is 5.69 Å². The van der Waals surface area contributed by atoms with Crippen molar-refractivity contribution < 1.29 is 9.53 Å². The summed E-state index contributed by atoms with van der Waals surface area (Å²) in [6.45, 7) is 5.41. The molecule has 14 heavy (non-hydrogen) atoms. The smallest absolute Gasteiger partial charge is 0.360 e. The average molecular weight is 326 g/mol. The zero-order chi connectivity index (χ0) is 10.9. The van der Waals surface area contributed by atoms with Crippen LogP contribution in [-0.2, 0) is 4.74 Å². The van der Waals surface area contributed by atoms with Gasteiger partial charge in [-0.3, -0.25) is 0 Å². The summed E-state index contributed by atoms with van der Waals surface area (Å²) in [4.78, 5) is 11.5. The summed E-state index contributed by atoms with van der Waals surface area (Å²) in [7, 11) is 0. The molecule has 1 aromatic heterocycles. The Morgan fingerprint density at radius 3 is 2.50 bits per heavy atom. The van der Waals surface area contributed by atoms with Crippen LogP contribution >= 0.6 is 34.1 Å². The van der Waals surface area contributed by atoms with Gasteiger partial charge in [-0.15, -0.1) is 0 Å². The Balaban J connectivity index is 2.86. The molecule has 1 rings (SSSR count). The average Bonchev–Trinajstić information content (AvgIpc) is 2.29. The maximum atomic E-state index is 11.5. The molecule has 0 saturated carbocycles. The number of halogens is 1. The molecule has 0 aromatic carbocycles. The molecule has 78 valence electrons. The summed E-state index contributed by atoms with van der Waals surface area (Å²) < 4.78 is 9.88. The van der Waals surface area contributed by atoms with Crippen molar-refractivity contribution in [2.75, 3.05) is 5.73 Å². The normalized spacial score (nSPS) is 11.4. The van der Waals surface area contributed by atoms with Crippen LogP contribution in [0.15, 0.2) is 0 Å². The Labute approximate surface area is 100 Å². The van der Waals surface area contributed by atoms with Gasteiger partial charge < -0.3 is 10.5 Å². The van der Waals surface area contributed by atoms with Crippen molar-refractivity contribution in [3.8, 4) is 0 Å². The summed E-state index contributed by atoms with van der Waals surface area (Å²) in [6.07, 6.45) is 0. The monoisotopic (exact) mass is 326 g/mol. The number of rotatable bonds is 1. The number of hydrogen-bond donors (Lipinski definition) is 1. The second-order valence-corrected chi connectivity index (χ2v) is 6.30. The van der Waals surface area contributed by atoms with Gasteiger partial charge in [0.1, 0.15) is 8.48 Å². The molecular formula is C8H11IN2O2S. The highest BCUT2D eigenvalue weighted by molar-refractivity contribution is 14.1. The van der Waals surface area contributed by atoms with Crippen molar-refractivity contribution in [2.45, 2.75) is 26.4 Å². The van der Waals surface area contributed by atoms with E-state index < -0.39 is 11.6 Å². The number of nitrogens with two attached hydrogens (primary N) is 1. The predicted molar refractivity (Wildman–Crippen MR) is 64.4 cm³/mol. The molecule has 0 atom stereocenters. The highest BCUT2D eigenvalue weighted by Gasteiger charge is 2.23. The van der Waals surface area contributed by atoms with Crippen molar-refractivity contribution in [1.29, 1.82) is 0 Å². The third-order valence-electron chi connectivity index (χ3n) is 1.28. The van der Waals surface area contributed by atoms with E-state index in [0.717, 1.165) is 2.88 Å². The molecule has 0 spiro atoms. The first-order valence-corrected chi connectivity index (χ1v) is 5.80. The maximum absolute atomic E-state index is 11.5. The predicted octanol–water partition coefficient (Wildman–Crippen LogP) is 2.29. The third kappa shape index (κ3) is 2.81. The number of esters is 1. The van der Waals surface area contributed by atoms with E-state index in [1.165, 1.54) is 11.5 Å². The van der Waals surface area contributed by atoms with E-state index in [-0.39, 0.29) is 5.69 Å². The van der Waals surface area contributed by atoms with E-state index in [1.807, 2.05) is 22.6 Å². The lowest BCUT2D eigenvalue weighted by molar-refractivity contribution is 0.00655. The summed E-state index contributed by atoms with van der Waals surface area (Å²) in [5, 5.41) is 0. The number of ether oxygens (including phenoxy) is 1. The van der Waals surface area contributed by atoms with Crippen molar-refractivity contribution in [1.82, 2.24) is 4.37 Å². The van der Waals surface area contributed by atoms with Gasteiger partial charge in [-0.1, -0.05) is 0 Å². The first kappa shape index (κ1) is 11.7. The van der Waals surface area contributed by atoms with Crippen LogP contribution in [0.25, 0.3) is 0 Å². The number of nitrogens with zero attached hydrogens (tertiary/aromatic N) is 1. The Morgan fingerprint density at radius 1 is 1.57 bits per heavy atom. The fraction of sp³-hybridized carbons (Fsp3) is 0.500. The molecule has 0 saturated heterocycles. The number of carbonyl (C=O) groups is 1. The van der Waals surface area contributed by atoms with Crippen LogP contribution in [0.1, 0.15) is 31.3 Å². The minimum atomic E-state index is -0.515. The van der Waals surface area contributed by atoms with Gasteiger partial charge in [-0.2, -0.15) is 4.37 Å². The Bertz CT molecular complexity index is 357. The van der Waals surface area contributed by atoms with Gasteiger partial charge in [0, 0.05) is 0 Å². The van der Waals surface area contributed by atoms with E-state index in [1.54, 1.807) is 20.8 Å². The molecule has 0 amide bonds. The summed E-state index contributed by atoms with van der Waals surface area (Å²) in [5.74, 6) is -0.464. The highest BCUT2D eigenvalue weighted by atomic mass is 127. The standard InChI is InChI=1S/C8H11IN2O2S/c1-8(2,3)13-7(12)5-4(10)6(9)14-11-5/h10H2,1-3H3. The van der Waals surface area contributed by atoms with Gasteiger partial charge in [0.05, 0.1) is 5.69 Å². The molecule has 0 unspecified atom stereocenters. The number of carbonyl (C=O) groups excluding carboxylic acids is 1. The molecule has 0 aliphatic heterocycles. The lowest BCUT2D eigenvalue weighted by Gasteiger charge is -2.18. The molecule has 0 aliphatic rings. The molecule has 1 aromatic rings. The van der Waals surface area contributed by atoms with Crippen LogP contribution in [-0.4, -0.2) is 15.9 Å². The van der Waals surface area contributed by atoms with E-state index >= 15 is 0 Å². The van der Waals surface area contributed by atoms with Crippen LogP contribution in [0.3, 0.4) is 0 Å².